The number of fused-ring (bicyclic) bond motifs is 1. The Labute approximate surface area is 189 Å². The van der Waals surface area contributed by atoms with E-state index in [-0.39, 0.29) is 37.1 Å². The van der Waals surface area contributed by atoms with Gasteiger partial charge in [-0.15, -0.1) is 12.4 Å². The molecule has 1 atom stereocenters. The van der Waals surface area contributed by atoms with Crippen LogP contribution in [0.2, 0.25) is 0 Å². The molecule has 0 spiro atoms. The first-order valence-electron chi connectivity index (χ1n) is 10.9. The number of ether oxygens (including phenoxy) is 2. The Kier molecular flexibility index (Phi) is 8.40. The molecule has 172 valence electrons. The van der Waals surface area contributed by atoms with Crippen molar-refractivity contribution >= 4 is 30.1 Å². The first kappa shape index (κ1) is 23.6. The molecule has 8 nitrogen and oxygen atoms in total. The Balaban J connectivity index is 0.00000272. The highest BCUT2D eigenvalue weighted by Crippen LogP contribution is 2.31. The first-order chi connectivity index (χ1) is 14.6. The number of rotatable bonds is 8. The van der Waals surface area contributed by atoms with Gasteiger partial charge >= 0.3 is 6.09 Å². The maximum Gasteiger partial charge on any atom is 0.407 e. The molecule has 2 aliphatic heterocycles. The molecule has 1 aromatic rings. The van der Waals surface area contributed by atoms with Crippen LogP contribution in [-0.2, 0) is 16.0 Å². The molecule has 0 unspecified atom stereocenters. The first-order valence-corrected chi connectivity index (χ1v) is 10.9. The van der Waals surface area contributed by atoms with E-state index in [1.54, 1.807) is 0 Å². The minimum Gasteiger partial charge on any atom is -0.490 e. The van der Waals surface area contributed by atoms with Gasteiger partial charge in [-0.1, -0.05) is 6.07 Å². The lowest BCUT2D eigenvalue weighted by molar-refractivity contribution is -0.116. The van der Waals surface area contributed by atoms with Gasteiger partial charge in [0.05, 0.1) is 6.61 Å². The molecule has 9 heteroatoms. The van der Waals surface area contributed by atoms with Crippen LogP contribution >= 0.6 is 12.4 Å². The van der Waals surface area contributed by atoms with E-state index in [1.165, 1.54) is 12.8 Å². The largest absolute Gasteiger partial charge is 0.490 e. The number of likely N-dealkylation sites (tertiary alicyclic amines) is 1. The molecule has 2 heterocycles. The van der Waals surface area contributed by atoms with Crippen LogP contribution in [0.15, 0.2) is 18.2 Å². The maximum absolute atomic E-state index is 11.8. The Morgan fingerprint density at radius 1 is 1.23 bits per heavy atom. The smallest absolute Gasteiger partial charge is 0.407 e. The monoisotopic (exact) mass is 453 g/mol. The zero-order valence-electron chi connectivity index (χ0n) is 17.7. The Bertz CT molecular complexity index is 766. The normalized spacial score (nSPS) is 20.1. The number of alkyl carbamates (subject to hydrolysis) is 1. The van der Waals surface area contributed by atoms with Gasteiger partial charge in [0.2, 0.25) is 5.91 Å². The number of hydrogen-bond donors (Lipinski definition) is 3. The summed E-state index contributed by atoms with van der Waals surface area (Å²) in [6.07, 6.45) is 4.21. The number of amides is 2. The molecular weight excluding hydrogens is 422 g/mol. The second-order valence-electron chi connectivity index (χ2n) is 8.56. The number of anilines is 1. The minimum atomic E-state index is -0.605. The molecule has 3 aliphatic rings. The SMILES string of the molecule is Cl.O=C1CCc2c(cccc2OC[C@@H](O)CN2CCC(NC(=O)OCC3CC3)CC2)N1. The zero-order chi connectivity index (χ0) is 20.9. The molecular formula is C22H32ClN3O5. The van der Waals surface area contributed by atoms with Gasteiger partial charge in [-0.3, -0.25) is 4.79 Å². The van der Waals surface area contributed by atoms with E-state index in [4.69, 9.17) is 9.47 Å². The van der Waals surface area contributed by atoms with E-state index in [1.807, 2.05) is 18.2 Å². The fourth-order valence-corrected chi connectivity index (χ4v) is 4.01. The Morgan fingerprint density at radius 3 is 2.74 bits per heavy atom. The molecule has 1 aromatic carbocycles. The predicted octanol–water partition coefficient (Wildman–Crippen LogP) is 2.33. The minimum absolute atomic E-state index is 0. The van der Waals surface area contributed by atoms with Crippen molar-refractivity contribution < 1.29 is 24.2 Å². The summed E-state index contributed by atoms with van der Waals surface area (Å²) in [5.74, 6) is 1.31. The van der Waals surface area contributed by atoms with E-state index in [0.29, 0.717) is 31.9 Å². The summed E-state index contributed by atoms with van der Waals surface area (Å²) in [5.41, 5.74) is 1.79. The highest BCUT2D eigenvalue weighted by Gasteiger charge is 2.26. The number of aliphatic hydroxyl groups is 1. The molecule has 31 heavy (non-hydrogen) atoms. The van der Waals surface area contributed by atoms with Gasteiger partial charge in [-0.25, -0.2) is 4.79 Å². The summed E-state index contributed by atoms with van der Waals surface area (Å²) < 4.78 is 11.1. The van der Waals surface area contributed by atoms with Crippen LogP contribution in [0.25, 0.3) is 0 Å². The number of nitrogens with one attached hydrogen (secondary N) is 2. The third-order valence-corrected chi connectivity index (χ3v) is 5.97. The van der Waals surface area contributed by atoms with Crippen molar-refractivity contribution in [2.75, 3.05) is 38.2 Å². The lowest BCUT2D eigenvalue weighted by atomic mass is 10.0. The summed E-state index contributed by atoms with van der Waals surface area (Å²) in [6.45, 7) is 2.91. The van der Waals surface area contributed by atoms with Gasteiger partial charge < -0.3 is 30.1 Å². The highest BCUT2D eigenvalue weighted by atomic mass is 35.5. The fraction of sp³-hybridized carbons (Fsp3) is 0.636. The molecule has 0 radical (unpaired) electrons. The van der Waals surface area contributed by atoms with Gasteiger partial charge in [-0.2, -0.15) is 0 Å². The second kappa shape index (κ2) is 11.0. The van der Waals surface area contributed by atoms with Gasteiger partial charge in [0.15, 0.2) is 0 Å². The molecule has 1 saturated carbocycles. The van der Waals surface area contributed by atoms with Crippen LogP contribution in [0.4, 0.5) is 10.5 Å². The quantitative estimate of drug-likeness (QED) is 0.558. The standard InChI is InChI=1S/C22H31N3O5.ClH/c26-17(14-29-20-3-1-2-19-18(20)6-7-21(27)24-19)12-25-10-8-16(9-11-25)23-22(28)30-13-15-4-5-15;/h1-3,15-17,26H,4-14H2,(H,23,28)(H,24,27);1H/t17-;/m0./s1. The highest BCUT2D eigenvalue weighted by molar-refractivity contribution is 5.94. The van der Waals surface area contributed by atoms with Crippen molar-refractivity contribution in [3.63, 3.8) is 0 Å². The van der Waals surface area contributed by atoms with Crippen molar-refractivity contribution in [3.8, 4) is 5.75 Å². The van der Waals surface area contributed by atoms with Crippen molar-refractivity contribution in [1.82, 2.24) is 10.2 Å². The van der Waals surface area contributed by atoms with Crippen LogP contribution in [0.1, 0.15) is 37.7 Å². The zero-order valence-corrected chi connectivity index (χ0v) is 18.5. The number of aliphatic hydroxyl groups excluding tert-OH is 1. The number of β-amino-alcohol motifs (C(OH)–C–C–N with tert-alkyl or cyclic N) is 1. The van der Waals surface area contributed by atoms with E-state index < -0.39 is 6.10 Å². The molecule has 4 rings (SSSR count). The molecule has 0 aromatic heterocycles. The van der Waals surface area contributed by atoms with Crippen molar-refractivity contribution in [1.29, 1.82) is 0 Å². The van der Waals surface area contributed by atoms with E-state index in [2.05, 4.69) is 15.5 Å². The van der Waals surface area contributed by atoms with Gasteiger partial charge in [0, 0.05) is 43.3 Å². The Hall–Kier alpha value is -2.03. The summed E-state index contributed by atoms with van der Waals surface area (Å²) in [5, 5.41) is 16.2. The molecule has 1 saturated heterocycles. The van der Waals surface area contributed by atoms with Crippen LogP contribution in [0.5, 0.6) is 5.75 Å². The number of nitrogens with zero attached hydrogens (tertiary/aromatic N) is 1. The molecule has 0 bridgehead atoms. The summed E-state index contributed by atoms with van der Waals surface area (Å²) in [7, 11) is 0. The number of piperidine rings is 1. The van der Waals surface area contributed by atoms with Crippen LogP contribution in [0, 0.1) is 5.92 Å². The number of carbonyl (C=O) groups excluding carboxylic acids is 2. The van der Waals surface area contributed by atoms with E-state index in [0.717, 1.165) is 42.9 Å². The van der Waals surface area contributed by atoms with E-state index in [9.17, 15) is 14.7 Å². The van der Waals surface area contributed by atoms with Crippen molar-refractivity contribution in [2.45, 2.75) is 50.7 Å². The van der Waals surface area contributed by atoms with Crippen molar-refractivity contribution in [2.24, 2.45) is 5.92 Å². The number of benzene rings is 1. The number of halogens is 1. The third kappa shape index (κ3) is 6.98. The fourth-order valence-electron chi connectivity index (χ4n) is 4.01. The van der Waals surface area contributed by atoms with Gasteiger partial charge in [0.1, 0.15) is 18.5 Å². The molecule has 2 fully saturated rings. The number of hydrogen-bond acceptors (Lipinski definition) is 6. The second-order valence-corrected chi connectivity index (χ2v) is 8.56. The van der Waals surface area contributed by atoms with E-state index >= 15 is 0 Å². The van der Waals surface area contributed by atoms with Gasteiger partial charge in [0.25, 0.3) is 0 Å². The van der Waals surface area contributed by atoms with Gasteiger partial charge in [-0.05, 0) is 50.2 Å². The lowest BCUT2D eigenvalue weighted by Gasteiger charge is -2.33. The number of carbonyl (C=O) groups is 2. The molecule has 1 aliphatic carbocycles. The molecule has 2 amide bonds. The predicted molar refractivity (Wildman–Crippen MR) is 119 cm³/mol. The van der Waals surface area contributed by atoms with Crippen LogP contribution < -0.4 is 15.4 Å². The molecule has 3 N–H and O–H groups in total. The van der Waals surface area contributed by atoms with Crippen molar-refractivity contribution in [3.05, 3.63) is 23.8 Å². The topological polar surface area (TPSA) is 100 Å². The third-order valence-electron chi connectivity index (χ3n) is 5.97. The van der Waals surface area contributed by atoms with Crippen LogP contribution in [-0.4, -0.2) is 67.0 Å². The Morgan fingerprint density at radius 2 is 2.00 bits per heavy atom. The lowest BCUT2D eigenvalue weighted by Crippen LogP contribution is -2.47. The summed E-state index contributed by atoms with van der Waals surface area (Å²) >= 11 is 0. The average Bonchev–Trinajstić information content (AvgIpc) is 3.56. The summed E-state index contributed by atoms with van der Waals surface area (Å²) in [6, 6.07) is 5.73. The summed E-state index contributed by atoms with van der Waals surface area (Å²) in [4.78, 5) is 25.6. The average molecular weight is 454 g/mol. The maximum atomic E-state index is 11.8. The van der Waals surface area contributed by atoms with Crippen LogP contribution in [0.3, 0.4) is 0 Å².